The summed E-state index contributed by atoms with van der Waals surface area (Å²) in [5.41, 5.74) is 0.921. The predicted octanol–water partition coefficient (Wildman–Crippen LogP) is 3.17. The Morgan fingerprint density at radius 3 is 2.75 bits per heavy atom. The van der Waals surface area contributed by atoms with Gasteiger partial charge in [0.25, 0.3) is 10.0 Å². The lowest BCUT2D eigenvalue weighted by molar-refractivity contribution is 0.383. The van der Waals surface area contributed by atoms with Gasteiger partial charge >= 0.3 is 0 Å². The Kier molecular flexibility index (Phi) is 4.37. The number of anilines is 1. The summed E-state index contributed by atoms with van der Waals surface area (Å²) in [4.78, 5) is 9.75. The highest BCUT2D eigenvalue weighted by Crippen LogP contribution is 2.32. The quantitative estimate of drug-likeness (QED) is 0.747. The van der Waals surface area contributed by atoms with E-state index in [2.05, 4.69) is 19.8 Å². The van der Waals surface area contributed by atoms with E-state index in [0.717, 1.165) is 5.56 Å². The van der Waals surface area contributed by atoms with E-state index in [1.165, 1.54) is 11.3 Å². The number of hydrogen-bond acceptors (Lipinski definition) is 7. The van der Waals surface area contributed by atoms with Crippen molar-refractivity contribution in [2.45, 2.75) is 32.1 Å². The normalized spacial score (nSPS) is 11.6. The van der Waals surface area contributed by atoms with E-state index in [1.807, 2.05) is 13.8 Å². The lowest BCUT2D eigenvalue weighted by atomic mass is 10.3. The molecule has 24 heavy (non-hydrogen) atoms. The molecule has 0 bridgehead atoms. The molecule has 3 aromatic heterocycles. The summed E-state index contributed by atoms with van der Waals surface area (Å²) in [5.74, 6) is 1.20. The van der Waals surface area contributed by atoms with E-state index >= 15 is 0 Å². The van der Waals surface area contributed by atoms with Crippen LogP contribution in [-0.4, -0.2) is 23.5 Å². The van der Waals surface area contributed by atoms with Gasteiger partial charge in [0.15, 0.2) is 0 Å². The van der Waals surface area contributed by atoms with Gasteiger partial charge < -0.3 is 4.52 Å². The molecule has 0 aliphatic carbocycles. The van der Waals surface area contributed by atoms with Crippen molar-refractivity contribution in [1.82, 2.24) is 15.1 Å². The molecule has 0 saturated carbocycles. The van der Waals surface area contributed by atoms with Crippen molar-refractivity contribution in [2.75, 3.05) is 4.72 Å². The molecule has 0 fully saturated rings. The molecule has 1 N–H and O–H groups in total. The van der Waals surface area contributed by atoms with Gasteiger partial charge in [-0.3, -0.25) is 4.72 Å². The van der Waals surface area contributed by atoms with Crippen molar-refractivity contribution in [1.29, 1.82) is 0 Å². The first-order valence-electron chi connectivity index (χ1n) is 7.28. The van der Waals surface area contributed by atoms with Crippen molar-refractivity contribution in [3.63, 3.8) is 0 Å². The van der Waals surface area contributed by atoms with Crippen LogP contribution in [0.4, 0.5) is 5.82 Å². The first-order valence-corrected chi connectivity index (χ1v) is 9.58. The van der Waals surface area contributed by atoms with Gasteiger partial charge in [0, 0.05) is 17.5 Å². The largest absolute Gasteiger partial charge is 0.339 e. The summed E-state index contributed by atoms with van der Waals surface area (Å²) in [6.45, 7) is 5.52. The van der Waals surface area contributed by atoms with Crippen LogP contribution in [0.1, 0.15) is 23.3 Å². The van der Waals surface area contributed by atoms with Crippen LogP contribution in [0.5, 0.6) is 0 Å². The standard InChI is InChI=1S/C15H16N4O3S2/c1-4-14-17-15(18-22-14)11-8-12(10(3)23-11)24(20,21)19-13-7-9(2)5-6-16-13/h5-8H,4H2,1-3H3,(H,16,19). The lowest BCUT2D eigenvalue weighted by Crippen LogP contribution is -2.14. The van der Waals surface area contributed by atoms with Crippen LogP contribution in [0.25, 0.3) is 10.7 Å². The van der Waals surface area contributed by atoms with Gasteiger partial charge in [0.1, 0.15) is 10.7 Å². The molecule has 0 aliphatic rings. The molecule has 0 amide bonds. The van der Waals surface area contributed by atoms with Gasteiger partial charge in [-0.2, -0.15) is 4.98 Å². The van der Waals surface area contributed by atoms with Crippen LogP contribution >= 0.6 is 11.3 Å². The third kappa shape index (κ3) is 3.31. The van der Waals surface area contributed by atoms with Crippen molar-refractivity contribution < 1.29 is 12.9 Å². The molecule has 0 unspecified atom stereocenters. The highest BCUT2D eigenvalue weighted by atomic mass is 32.2. The Hall–Kier alpha value is -2.26. The van der Waals surface area contributed by atoms with E-state index in [1.54, 1.807) is 31.3 Å². The SMILES string of the molecule is CCc1nc(-c2cc(S(=O)(=O)Nc3cc(C)ccn3)c(C)s2)no1. The number of nitrogens with one attached hydrogen (secondary N) is 1. The molecule has 0 saturated heterocycles. The molecular formula is C15H16N4O3S2. The Labute approximate surface area is 143 Å². The predicted molar refractivity (Wildman–Crippen MR) is 91.5 cm³/mol. The molecule has 0 atom stereocenters. The van der Waals surface area contributed by atoms with Gasteiger partial charge in [-0.05, 0) is 37.6 Å². The van der Waals surface area contributed by atoms with E-state index in [-0.39, 0.29) is 10.7 Å². The minimum atomic E-state index is -3.73. The molecule has 7 nitrogen and oxygen atoms in total. The lowest BCUT2D eigenvalue weighted by Gasteiger charge is -2.07. The molecular weight excluding hydrogens is 348 g/mol. The maximum atomic E-state index is 12.6. The van der Waals surface area contributed by atoms with Gasteiger partial charge in [-0.1, -0.05) is 12.1 Å². The number of aromatic nitrogens is 3. The van der Waals surface area contributed by atoms with Crippen molar-refractivity contribution >= 4 is 27.2 Å². The highest BCUT2D eigenvalue weighted by molar-refractivity contribution is 7.93. The van der Waals surface area contributed by atoms with Crippen molar-refractivity contribution in [3.8, 4) is 10.7 Å². The minimum Gasteiger partial charge on any atom is -0.339 e. The zero-order valence-corrected chi connectivity index (χ0v) is 15.0. The summed E-state index contributed by atoms with van der Waals surface area (Å²) in [5, 5.41) is 3.89. The zero-order chi connectivity index (χ0) is 17.3. The smallest absolute Gasteiger partial charge is 0.264 e. The summed E-state index contributed by atoms with van der Waals surface area (Å²) < 4.78 is 32.8. The van der Waals surface area contributed by atoms with Crippen molar-refractivity contribution in [2.24, 2.45) is 0 Å². The molecule has 9 heteroatoms. The van der Waals surface area contributed by atoms with Crippen LogP contribution in [0, 0.1) is 13.8 Å². The third-order valence-corrected chi connectivity index (χ3v) is 5.96. The molecule has 0 aliphatic heterocycles. The highest BCUT2D eigenvalue weighted by Gasteiger charge is 2.22. The van der Waals surface area contributed by atoms with E-state index in [9.17, 15) is 8.42 Å². The zero-order valence-electron chi connectivity index (χ0n) is 13.4. The first-order chi connectivity index (χ1) is 11.4. The van der Waals surface area contributed by atoms with E-state index in [4.69, 9.17) is 4.52 Å². The Bertz CT molecular complexity index is 976. The van der Waals surface area contributed by atoms with Crippen LogP contribution in [0.2, 0.25) is 0 Å². The number of hydrogen-bond donors (Lipinski definition) is 1. The monoisotopic (exact) mass is 364 g/mol. The van der Waals surface area contributed by atoms with Crippen LogP contribution < -0.4 is 4.72 Å². The summed E-state index contributed by atoms with van der Waals surface area (Å²) in [7, 11) is -3.73. The van der Waals surface area contributed by atoms with Crippen LogP contribution in [-0.2, 0) is 16.4 Å². The van der Waals surface area contributed by atoms with Gasteiger partial charge in [-0.25, -0.2) is 13.4 Å². The second-order valence-corrected chi connectivity index (χ2v) is 8.13. The van der Waals surface area contributed by atoms with Gasteiger partial charge in [-0.15, -0.1) is 11.3 Å². The average molecular weight is 364 g/mol. The fourth-order valence-electron chi connectivity index (χ4n) is 2.13. The molecule has 0 spiro atoms. The van der Waals surface area contributed by atoms with Gasteiger partial charge in [0.05, 0.1) is 4.88 Å². The average Bonchev–Trinajstić information content (AvgIpc) is 3.13. The van der Waals surface area contributed by atoms with Crippen molar-refractivity contribution in [3.05, 3.63) is 40.7 Å². The second kappa shape index (κ2) is 6.33. The number of sulfonamides is 1. The third-order valence-electron chi connectivity index (χ3n) is 3.31. The maximum Gasteiger partial charge on any atom is 0.264 e. The Balaban J connectivity index is 1.93. The topological polar surface area (TPSA) is 98.0 Å². The fourth-order valence-corrected chi connectivity index (χ4v) is 4.64. The minimum absolute atomic E-state index is 0.189. The van der Waals surface area contributed by atoms with Crippen LogP contribution in [0.3, 0.4) is 0 Å². The number of thiophene rings is 1. The molecule has 0 radical (unpaired) electrons. The maximum absolute atomic E-state index is 12.6. The molecule has 126 valence electrons. The summed E-state index contributed by atoms with van der Waals surface area (Å²) in [6.07, 6.45) is 2.19. The Morgan fingerprint density at radius 2 is 2.08 bits per heavy atom. The molecule has 3 heterocycles. The number of rotatable bonds is 5. The second-order valence-electron chi connectivity index (χ2n) is 5.22. The summed E-state index contributed by atoms with van der Waals surface area (Å²) in [6, 6.07) is 5.03. The summed E-state index contributed by atoms with van der Waals surface area (Å²) >= 11 is 1.31. The fraction of sp³-hybridized carbons (Fsp3) is 0.267. The van der Waals surface area contributed by atoms with E-state index in [0.29, 0.717) is 27.9 Å². The number of pyridine rings is 1. The van der Waals surface area contributed by atoms with E-state index < -0.39 is 10.0 Å². The molecule has 3 aromatic rings. The molecule has 3 rings (SSSR count). The molecule has 0 aromatic carbocycles. The first kappa shape index (κ1) is 16.6. The Morgan fingerprint density at radius 1 is 1.29 bits per heavy atom. The van der Waals surface area contributed by atoms with Gasteiger partial charge in [0.2, 0.25) is 11.7 Å². The van der Waals surface area contributed by atoms with Crippen LogP contribution in [0.15, 0.2) is 33.8 Å². The number of aryl methyl sites for hydroxylation is 3. The number of nitrogens with zero attached hydrogens (tertiary/aromatic N) is 3.